The van der Waals surface area contributed by atoms with E-state index in [0.717, 1.165) is 4.31 Å². The maximum Gasteiger partial charge on any atom is 0.244 e. The average Bonchev–Trinajstić information content (AvgIpc) is 2.28. The summed E-state index contributed by atoms with van der Waals surface area (Å²) in [7, 11) is -3.85. The van der Waals surface area contributed by atoms with E-state index < -0.39 is 21.8 Å². The molecule has 0 spiro atoms. The molecule has 1 heterocycles. The van der Waals surface area contributed by atoms with Crippen LogP contribution in [0.5, 0.6) is 0 Å². The summed E-state index contributed by atoms with van der Waals surface area (Å²) in [5.74, 6) is -1.27. The van der Waals surface area contributed by atoms with Gasteiger partial charge in [0.1, 0.15) is 0 Å². The zero-order chi connectivity index (χ0) is 13.3. The van der Waals surface area contributed by atoms with Gasteiger partial charge in [0.25, 0.3) is 0 Å². The van der Waals surface area contributed by atoms with Gasteiger partial charge >= 0.3 is 0 Å². The van der Waals surface area contributed by atoms with Crippen LogP contribution in [0.25, 0.3) is 0 Å². The molecule has 2 amide bonds. The molecule has 1 saturated heterocycles. The average molecular weight is 289 g/mol. The van der Waals surface area contributed by atoms with Crippen molar-refractivity contribution in [3.63, 3.8) is 0 Å². The first-order valence-electron chi connectivity index (χ1n) is 4.98. The van der Waals surface area contributed by atoms with Gasteiger partial charge in [-0.15, -0.1) is 0 Å². The summed E-state index contributed by atoms with van der Waals surface area (Å²) in [4.78, 5) is 22.3. The van der Waals surface area contributed by atoms with Crippen LogP contribution in [0.3, 0.4) is 0 Å². The lowest BCUT2D eigenvalue weighted by atomic mass is 10.4. The predicted octanol–water partition coefficient (Wildman–Crippen LogP) is -0.0129. The summed E-state index contributed by atoms with van der Waals surface area (Å²) in [6, 6.07) is 5.52. The van der Waals surface area contributed by atoms with Crippen molar-refractivity contribution < 1.29 is 18.0 Å². The van der Waals surface area contributed by atoms with Crippen molar-refractivity contribution >= 4 is 33.4 Å². The van der Waals surface area contributed by atoms with Crippen LogP contribution in [0.4, 0.5) is 0 Å². The van der Waals surface area contributed by atoms with E-state index in [4.69, 9.17) is 11.6 Å². The molecule has 96 valence electrons. The Hall–Kier alpha value is -1.44. The van der Waals surface area contributed by atoms with Crippen LogP contribution >= 0.6 is 11.6 Å². The molecule has 8 heteroatoms. The number of carbonyl (C=O) groups is 2. The third-order valence-electron chi connectivity index (χ3n) is 2.37. The summed E-state index contributed by atoms with van der Waals surface area (Å²) in [5, 5.41) is 2.44. The first-order chi connectivity index (χ1) is 8.39. The standard InChI is InChI=1S/C10H9ClN2O4S/c11-7-1-3-8(4-2-7)18(16,17)13-5-9(14)12-10(15)6-13/h1-4H,5-6H2,(H,12,14,15). The van der Waals surface area contributed by atoms with E-state index in [9.17, 15) is 18.0 Å². The number of hydrogen-bond donors (Lipinski definition) is 1. The largest absolute Gasteiger partial charge is 0.294 e. The molecule has 0 bridgehead atoms. The third kappa shape index (κ3) is 2.53. The summed E-state index contributed by atoms with van der Waals surface area (Å²) in [5.41, 5.74) is 0. The molecule has 6 nitrogen and oxygen atoms in total. The molecule has 1 fully saturated rings. The van der Waals surface area contributed by atoms with Crippen molar-refractivity contribution in [3.05, 3.63) is 29.3 Å². The lowest BCUT2D eigenvalue weighted by molar-refractivity contribution is -0.134. The molecule has 1 aromatic carbocycles. The number of rotatable bonds is 2. The Morgan fingerprint density at radius 3 is 2.06 bits per heavy atom. The van der Waals surface area contributed by atoms with Crippen LogP contribution in [0.1, 0.15) is 0 Å². The van der Waals surface area contributed by atoms with Crippen molar-refractivity contribution in [2.45, 2.75) is 4.90 Å². The Morgan fingerprint density at radius 2 is 1.56 bits per heavy atom. The van der Waals surface area contributed by atoms with Gasteiger partial charge < -0.3 is 0 Å². The van der Waals surface area contributed by atoms with Gasteiger partial charge in [0.05, 0.1) is 18.0 Å². The van der Waals surface area contributed by atoms with Gasteiger partial charge in [-0.05, 0) is 24.3 Å². The zero-order valence-electron chi connectivity index (χ0n) is 9.09. The normalized spacial score (nSPS) is 17.6. The fraction of sp³-hybridized carbons (Fsp3) is 0.200. The first kappa shape index (κ1) is 13.0. The van der Waals surface area contributed by atoms with E-state index in [1.54, 1.807) is 0 Å². The van der Waals surface area contributed by atoms with Gasteiger partial charge in [-0.2, -0.15) is 4.31 Å². The number of benzene rings is 1. The Balaban J connectivity index is 2.33. The Bertz CT molecular complexity index is 581. The minimum Gasteiger partial charge on any atom is -0.294 e. The van der Waals surface area contributed by atoms with Gasteiger partial charge in [-0.1, -0.05) is 11.6 Å². The van der Waals surface area contributed by atoms with E-state index in [2.05, 4.69) is 0 Å². The fourth-order valence-electron chi connectivity index (χ4n) is 1.54. The van der Waals surface area contributed by atoms with Crippen molar-refractivity contribution in [2.75, 3.05) is 13.1 Å². The van der Waals surface area contributed by atoms with Gasteiger partial charge in [-0.25, -0.2) is 8.42 Å². The van der Waals surface area contributed by atoms with Crippen molar-refractivity contribution in [2.24, 2.45) is 0 Å². The molecule has 0 aromatic heterocycles. The number of piperazine rings is 1. The van der Waals surface area contributed by atoms with Crippen LogP contribution in [-0.4, -0.2) is 37.6 Å². The molecule has 1 aliphatic rings. The fourth-order valence-corrected chi connectivity index (χ4v) is 3.01. The Labute approximate surface area is 109 Å². The van der Waals surface area contributed by atoms with Crippen LogP contribution in [-0.2, 0) is 19.6 Å². The number of halogens is 1. The van der Waals surface area contributed by atoms with Crippen molar-refractivity contribution in [1.82, 2.24) is 9.62 Å². The summed E-state index contributed by atoms with van der Waals surface area (Å²) < 4.78 is 25.1. The molecular weight excluding hydrogens is 280 g/mol. The second-order valence-electron chi connectivity index (χ2n) is 3.70. The first-order valence-corrected chi connectivity index (χ1v) is 6.80. The van der Waals surface area contributed by atoms with Crippen LogP contribution < -0.4 is 5.32 Å². The Kier molecular flexibility index (Phi) is 3.38. The second kappa shape index (κ2) is 4.68. The van der Waals surface area contributed by atoms with E-state index in [-0.39, 0.29) is 18.0 Å². The highest BCUT2D eigenvalue weighted by Gasteiger charge is 2.32. The number of hydrogen-bond acceptors (Lipinski definition) is 4. The quantitative estimate of drug-likeness (QED) is 0.776. The lowest BCUT2D eigenvalue weighted by Gasteiger charge is -2.24. The van der Waals surface area contributed by atoms with Crippen LogP contribution in [0.2, 0.25) is 5.02 Å². The van der Waals surface area contributed by atoms with Crippen molar-refractivity contribution in [1.29, 1.82) is 0 Å². The van der Waals surface area contributed by atoms with Crippen LogP contribution in [0, 0.1) is 0 Å². The molecule has 0 saturated carbocycles. The molecule has 18 heavy (non-hydrogen) atoms. The zero-order valence-corrected chi connectivity index (χ0v) is 10.7. The molecule has 1 aliphatic heterocycles. The molecule has 0 radical (unpaired) electrons. The molecule has 0 aliphatic carbocycles. The molecule has 1 aromatic rings. The molecular formula is C10H9ClN2O4S. The summed E-state index contributed by atoms with van der Waals surface area (Å²) in [6.07, 6.45) is 0. The highest BCUT2D eigenvalue weighted by molar-refractivity contribution is 7.89. The summed E-state index contributed by atoms with van der Waals surface area (Å²) in [6.45, 7) is -0.729. The van der Waals surface area contributed by atoms with E-state index in [1.807, 2.05) is 5.32 Å². The number of carbonyl (C=O) groups excluding carboxylic acids is 2. The number of amides is 2. The number of imide groups is 1. The highest BCUT2D eigenvalue weighted by atomic mass is 35.5. The lowest BCUT2D eigenvalue weighted by Crippen LogP contribution is -2.53. The second-order valence-corrected chi connectivity index (χ2v) is 6.07. The molecule has 0 atom stereocenters. The van der Waals surface area contributed by atoms with Crippen LogP contribution in [0.15, 0.2) is 29.2 Å². The topological polar surface area (TPSA) is 83.6 Å². The van der Waals surface area contributed by atoms with E-state index >= 15 is 0 Å². The minimum absolute atomic E-state index is 0.00519. The maximum absolute atomic E-state index is 12.1. The van der Waals surface area contributed by atoms with Gasteiger partial charge in [0.2, 0.25) is 21.8 Å². The van der Waals surface area contributed by atoms with Gasteiger partial charge in [0, 0.05) is 5.02 Å². The van der Waals surface area contributed by atoms with E-state index in [0.29, 0.717) is 5.02 Å². The smallest absolute Gasteiger partial charge is 0.244 e. The maximum atomic E-state index is 12.1. The van der Waals surface area contributed by atoms with E-state index in [1.165, 1.54) is 24.3 Å². The monoisotopic (exact) mass is 288 g/mol. The van der Waals surface area contributed by atoms with Crippen molar-refractivity contribution in [3.8, 4) is 0 Å². The SMILES string of the molecule is O=C1CN(S(=O)(=O)c2ccc(Cl)cc2)CC(=O)N1. The molecule has 2 rings (SSSR count). The molecule has 0 unspecified atom stereocenters. The van der Waals surface area contributed by atoms with Gasteiger partial charge in [-0.3, -0.25) is 14.9 Å². The Morgan fingerprint density at radius 1 is 1.06 bits per heavy atom. The predicted molar refractivity (Wildman–Crippen MR) is 63.4 cm³/mol. The number of sulfonamides is 1. The molecule has 1 N–H and O–H groups in total. The van der Waals surface area contributed by atoms with Gasteiger partial charge in [0.15, 0.2) is 0 Å². The number of nitrogens with zero attached hydrogens (tertiary/aromatic N) is 1. The third-order valence-corrected chi connectivity index (χ3v) is 4.43. The highest BCUT2D eigenvalue weighted by Crippen LogP contribution is 2.18. The minimum atomic E-state index is -3.85. The summed E-state index contributed by atoms with van der Waals surface area (Å²) >= 11 is 5.67. The number of nitrogens with one attached hydrogen (secondary N) is 1.